The molecular weight excluding hydrogens is 761 g/mol. The van der Waals surface area contributed by atoms with E-state index in [2.05, 4.69) is 50.5 Å². The molecule has 2 fully saturated rings. The standard InChI is InChI=1S/2C18H22N6O3S/c2*19-28(25,26)14-8-4-7-13(9-14)22-18-23-16-15(20-11-21-16)17(24-18)27-10-12-5-2-1-3-6-12/h2*4,7-9,11-12H,1-3,5-6,10H2,(H2,19,25,26)(H2,20,21,22,23,24). The lowest BCUT2D eigenvalue weighted by Crippen LogP contribution is -2.16. The van der Waals surface area contributed by atoms with Gasteiger partial charge in [-0.15, -0.1) is 0 Å². The fourth-order valence-electron chi connectivity index (χ4n) is 6.79. The molecule has 0 unspecified atom stereocenters. The number of primary sulfonamides is 2. The van der Waals surface area contributed by atoms with Crippen molar-refractivity contribution in [3.8, 4) is 11.8 Å². The van der Waals surface area contributed by atoms with Crippen LogP contribution in [0.15, 0.2) is 71.0 Å². The molecule has 0 amide bonds. The van der Waals surface area contributed by atoms with Gasteiger partial charge in [0.1, 0.15) is 11.0 Å². The molecule has 20 heteroatoms. The van der Waals surface area contributed by atoms with Crippen molar-refractivity contribution >= 4 is 65.6 Å². The predicted octanol–water partition coefficient (Wildman–Crippen LogP) is 5.41. The summed E-state index contributed by atoms with van der Waals surface area (Å²) in [4.78, 5) is 32.0. The van der Waals surface area contributed by atoms with Gasteiger partial charge < -0.3 is 30.1 Å². The van der Waals surface area contributed by atoms with Crippen molar-refractivity contribution in [2.45, 2.75) is 74.0 Å². The van der Waals surface area contributed by atoms with Crippen molar-refractivity contribution in [2.24, 2.45) is 22.1 Å². The average molecular weight is 805 g/mol. The van der Waals surface area contributed by atoms with Crippen LogP contribution in [0.25, 0.3) is 22.3 Å². The number of ether oxygens (including phenoxy) is 2. The molecule has 56 heavy (non-hydrogen) atoms. The number of H-pyrrole nitrogens is 2. The number of benzene rings is 2. The SMILES string of the molecule is NS(=O)(=O)c1cccc(Nc2nc(OCC3CCCCC3)c3[nH]cnc3n2)c1.NS(=O)(=O)c1cccc(Nc2nc(OCC3CCCCC3)c3[nH]cnc3n2)c1. The zero-order valence-electron chi connectivity index (χ0n) is 30.5. The van der Waals surface area contributed by atoms with Crippen LogP contribution in [-0.4, -0.2) is 69.9 Å². The topological polar surface area (TPSA) is 272 Å². The highest BCUT2D eigenvalue weighted by atomic mass is 32.2. The summed E-state index contributed by atoms with van der Waals surface area (Å²) in [7, 11) is -7.59. The van der Waals surface area contributed by atoms with E-state index in [1.807, 2.05) is 0 Å². The first-order valence-electron chi connectivity index (χ1n) is 18.5. The van der Waals surface area contributed by atoms with Crippen LogP contribution in [-0.2, 0) is 20.0 Å². The van der Waals surface area contributed by atoms with Crippen LogP contribution in [0.1, 0.15) is 64.2 Å². The van der Waals surface area contributed by atoms with Gasteiger partial charge in [0.15, 0.2) is 11.3 Å². The van der Waals surface area contributed by atoms with Crippen molar-refractivity contribution in [3.05, 3.63) is 61.2 Å². The zero-order valence-corrected chi connectivity index (χ0v) is 32.2. The van der Waals surface area contributed by atoms with Crippen molar-refractivity contribution in [2.75, 3.05) is 23.8 Å². The molecule has 2 aromatic carbocycles. The molecule has 0 saturated heterocycles. The lowest BCUT2D eigenvalue weighted by molar-refractivity contribution is 0.204. The third-order valence-corrected chi connectivity index (χ3v) is 11.5. The highest BCUT2D eigenvalue weighted by Crippen LogP contribution is 2.29. The van der Waals surface area contributed by atoms with Crippen LogP contribution < -0.4 is 30.4 Å². The van der Waals surface area contributed by atoms with E-state index in [0.717, 1.165) is 0 Å². The smallest absolute Gasteiger partial charge is 0.245 e. The number of aromatic amines is 2. The van der Waals surface area contributed by atoms with Crippen molar-refractivity contribution in [1.82, 2.24) is 39.9 Å². The zero-order chi connectivity index (χ0) is 39.1. The molecule has 8 N–H and O–H groups in total. The Balaban J connectivity index is 0.000000172. The minimum Gasteiger partial charge on any atom is -0.476 e. The number of sulfonamides is 2. The Labute approximate surface area is 323 Å². The summed E-state index contributed by atoms with van der Waals surface area (Å²) < 4.78 is 58.2. The third kappa shape index (κ3) is 10.0. The quantitative estimate of drug-likeness (QED) is 0.0904. The van der Waals surface area contributed by atoms with Gasteiger partial charge in [-0.25, -0.2) is 37.1 Å². The summed E-state index contributed by atoms with van der Waals surface area (Å²) in [6.07, 6.45) is 15.3. The molecule has 18 nitrogen and oxygen atoms in total. The summed E-state index contributed by atoms with van der Waals surface area (Å²) in [5, 5.41) is 16.4. The van der Waals surface area contributed by atoms with Gasteiger partial charge in [0.2, 0.25) is 43.7 Å². The third-order valence-electron chi connectivity index (χ3n) is 9.70. The molecular formula is C36H44N12O6S2. The molecule has 2 aliphatic carbocycles. The number of anilines is 4. The highest BCUT2D eigenvalue weighted by Gasteiger charge is 2.19. The molecule has 0 atom stereocenters. The minimum absolute atomic E-state index is 0.00659. The fraction of sp³-hybridized carbons (Fsp3) is 0.389. The van der Waals surface area contributed by atoms with Gasteiger partial charge in [-0.2, -0.15) is 19.9 Å². The van der Waals surface area contributed by atoms with E-state index in [-0.39, 0.29) is 21.7 Å². The Morgan fingerprint density at radius 3 is 1.41 bits per heavy atom. The number of aromatic nitrogens is 8. The van der Waals surface area contributed by atoms with Gasteiger partial charge in [0, 0.05) is 11.4 Å². The summed E-state index contributed by atoms with van der Waals surface area (Å²) in [5.41, 5.74) is 3.22. The van der Waals surface area contributed by atoms with Gasteiger partial charge >= 0.3 is 0 Å². The van der Waals surface area contributed by atoms with E-state index in [4.69, 9.17) is 19.8 Å². The van der Waals surface area contributed by atoms with Crippen LogP contribution in [0, 0.1) is 11.8 Å². The summed E-state index contributed by atoms with van der Waals surface area (Å²) in [6, 6.07) is 12.3. The molecule has 0 aliphatic heterocycles. The van der Waals surface area contributed by atoms with Crippen LogP contribution >= 0.6 is 0 Å². The number of rotatable bonds is 12. The number of hydrogen-bond donors (Lipinski definition) is 6. The number of fused-ring (bicyclic) bond motifs is 2. The van der Waals surface area contributed by atoms with Gasteiger partial charge in [-0.3, -0.25) is 0 Å². The second-order valence-corrected chi connectivity index (χ2v) is 17.1. The second-order valence-electron chi connectivity index (χ2n) is 13.9. The van der Waals surface area contributed by atoms with Crippen molar-refractivity contribution in [3.63, 3.8) is 0 Å². The van der Waals surface area contributed by atoms with Crippen molar-refractivity contribution < 1.29 is 26.3 Å². The molecule has 0 spiro atoms. The number of nitrogens with zero attached hydrogens (tertiary/aromatic N) is 6. The van der Waals surface area contributed by atoms with E-state index in [0.29, 0.717) is 70.5 Å². The average Bonchev–Trinajstić information content (AvgIpc) is 3.87. The minimum atomic E-state index is -3.80. The Hall–Kier alpha value is -5.44. The first-order valence-corrected chi connectivity index (χ1v) is 21.5. The van der Waals surface area contributed by atoms with E-state index < -0.39 is 20.0 Å². The monoisotopic (exact) mass is 804 g/mol. The van der Waals surface area contributed by atoms with Crippen LogP contribution in [0.5, 0.6) is 11.8 Å². The van der Waals surface area contributed by atoms with Crippen LogP contribution in [0.4, 0.5) is 23.3 Å². The lowest BCUT2D eigenvalue weighted by Gasteiger charge is -2.21. The second kappa shape index (κ2) is 17.1. The molecule has 0 radical (unpaired) electrons. The molecule has 6 aromatic rings. The van der Waals surface area contributed by atoms with Gasteiger partial charge in [0.05, 0.1) is 35.7 Å². The molecule has 2 aliphatic rings. The van der Waals surface area contributed by atoms with Gasteiger partial charge in [0.25, 0.3) is 0 Å². The summed E-state index contributed by atoms with van der Waals surface area (Å²) in [5.74, 6) is 2.46. The predicted molar refractivity (Wildman–Crippen MR) is 210 cm³/mol. The normalized spacial score (nSPS) is 15.6. The van der Waals surface area contributed by atoms with Crippen LogP contribution in [0.3, 0.4) is 0 Å². The first kappa shape index (κ1) is 38.8. The number of nitrogens with one attached hydrogen (secondary N) is 4. The molecule has 4 heterocycles. The molecule has 2 saturated carbocycles. The van der Waals surface area contributed by atoms with E-state index in [9.17, 15) is 16.8 Å². The van der Waals surface area contributed by atoms with E-state index >= 15 is 0 Å². The Morgan fingerprint density at radius 2 is 1.02 bits per heavy atom. The van der Waals surface area contributed by atoms with E-state index in [1.165, 1.54) is 101 Å². The number of nitrogens with two attached hydrogens (primary N) is 2. The molecule has 296 valence electrons. The Kier molecular flexibility index (Phi) is 11.9. The maximum atomic E-state index is 11.6. The Bertz CT molecular complexity index is 2330. The molecule has 8 rings (SSSR count). The van der Waals surface area contributed by atoms with Gasteiger partial charge in [-0.1, -0.05) is 50.7 Å². The molecule has 4 aromatic heterocycles. The maximum Gasteiger partial charge on any atom is 0.245 e. The largest absolute Gasteiger partial charge is 0.476 e. The maximum absolute atomic E-state index is 11.6. The number of imidazole rings is 2. The summed E-state index contributed by atoms with van der Waals surface area (Å²) in [6.45, 7) is 1.21. The number of hydrogen-bond acceptors (Lipinski definition) is 14. The van der Waals surface area contributed by atoms with E-state index in [1.54, 1.807) is 24.3 Å². The fourth-order valence-corrected chi connectivity index (χ4v) is 7.91. The Morgan fingerprint density at radius 1 is 0.607 bits per heavy atom. The van der Waals surface area contributed by atoms with Crippen molar-refractivity contribution in [1.29, 1.82) is 0 Å². The first-order chi connectivity index (χ1) is 27.0. The van der Waals surface area contributed by atoms with Crippen LogP contribution in [0.2, 0.25) is 0 Å². The lowest BCUT2D eigenvalue weighted by atomic mass is 9.90. The summed E-state index contributed by atoms with van der Waals surface area (Å²) >= 11 is 0. The van der Waals surface area contributed by atoms with Gasteiger partial charge in [-0.05, 0) is 73.9 Å². The molecule has 0 bridgehead atoms. The highest BCUT2D eigenvalue weighted by molar-refractivity contribution is 7.89.